The van der Waals surface area contributed by atoms with Gasteiger partial charge >= 0.3 is 5.97 Å². The summed E-state index contributed by atoms with van der Waals surface area (Å²) in [5.74, 6) is -0.0148. The molecule has 1 saturated carbocycles. The van der Waals surface area contributed by atoms with Crippen molar-refractivity contribution < 1.29 is 9.90 Å². The molecule has 0 heterocycles. The summed E-state index contributed by atoms with van der Waals surface area (Å²) in [6.07, 6.45) is 2.60. The van der Waals surface area contributed by atoms with Gasteiger partial charge < -0.3 is 5.11 Å². The van der Waals surface area contributed by atoms with E-state index in [2.05, 4.69) is 24.3 Å². The van der Waals surface area contributed by atoms with Gasteiger partial charge in [-0.25, -0.2) is 0 Å². The van der Waals surface area contributed by atoms with Crippen LogP contribution in [0.2, 0.25) is 0 Å². The first kappa shape index (κ1) is 13.1. The standard InChI is InChI=1S/C15H21NO2/c1-11(2)16(10-15(17)18)9-12-4-3-5-14(8-12)13-6-7-13/h3-5,8,11,13H,6-7,9-10H2,1-2H3,(H,17,18). The van der Waals surface area contributed by atoms with E-state index in [4.69, 9.17) is 5.11 Å². The fourth-order valence-corrected chi connectivity index (χ4v) is 2.19. The molecule has 1 fully saturated rings. The lowest BCUT2D eigenvalue weighted by Gasteiger charge is -2.24. The minimum atomic E-state index is -0.762. The summed E-state index contributed by atoms with van der Waals surface area (Å²) >= 11 is 0. The second-order valence-corrected chi connectivity index (χ2v) is 5.41. The largest absolute Gasteiger partial charge is 0.480 e. The highest BCUT2D eigenvalue weighted by Crippen LogP contribution is 2.40. The molecule has 3 heteroatoms. The van der Waals surface area contributed by atoms with Crippen molar-refractivity contribution in [3.8, 4) is 0 Å². The average Bonchev–Trinajstić information content (AvgIpc) is 3.11. The van der Waals surface area contributed by atoms with Crippen LogP contribution < -0.4 is 0 Å². The molecule has 18 heavy (non-hydrogen) atoms. The van der Waals surface area contributed by atoms with Crippen LogP contribution in [0.5, 0.6) is 0 Å². The number of rotatable bonds is 6. The Morgan fingerprint density at radius 1 is 1.44 bits per heavy atom. The first-order valence-electron chi connectivity index (χ1n) is 6.61. The third-order valence-corrected chi connectivity index (χ3v) is 3.45. The third kappa shape index (κ3) is 3.57. The lowest BCUT2D eigenvalue weighted by molar-refractivity contribution is -0.138. The van der Waals surface area contributed by atoms with Crippen LogP contribution in [0.1, 0.15) is 43.7 Å². The number of carboxylic acids is 1. The van der Waals surface area contributed by atoms with Gasteiger partial charge in [0.2, 0.25) is 0 Å². The van der Waals surface area contributed by atoms with E-state index in [9.17, 15) is 4.79 Å². The van der Waals surface area contributed by atoms with Gasteiger partial charge in [0.05, 0.1) is 6.54 Å². The molecular weight excluding hydrogens is 226 g/mol. The SMILES string of the molecule is CC(C)N(CC(=O)O)Cc1cccc(C2CC2)c1. The summed E-state index contributed by atoms with van der Waals surface area (Å²) in [5, 5.41) is 8.92. The zero-order chi connectivity index (χ0) is 13.1. The van der Waals surface area contributed by atoms with Gasteiger partial charge in [0, 0.05) is 12.6 Å². The van der Waals surface area contributed by atoms with Crippen LogP contribution in [0.4, 0.5) is 0 Å². The van der Waals surface area contributed by atoms with E-state index < -0.39 is 5.97 Å². The predicted octanol–water partition coefficient (Wildman–Crippen LogP) is 2.86. The summed E-state index contributed by atoms with van der Waals surface area (Å²) in [4.78, 5) is 12.8. The number of hydrogen-bond donors (Lipinski definition) is 1. The second kappa shape index (κ2) is 5.53. The van der Waals surface area contributed by atoms with Gasteiger partial charge in [0.15, 0.2) is 0 Å². The Labute approximate surface area is 108 Å². The summed E-state index contributed by atoms with van der Waals surface area (Å²) in [7, 11) is 0. The summed E-state index contributed by atoms with van der Waals surface area (Å²) in [5.41, 5.74) is 2.63. The number of hydrogen-bond acceptors (Lipinski definition) is 2. The van der Waals surface area contributed by atoms with E-state index in [0.717, 1.165) is 5.92 Å². The van der Waals surface area contributed by atoms with Crippen molar-refractivity contribution in [2.45, 2.75) is 45.2 Å². The van der Waals surface area contributed by atoms with Crippen molar-refractivity contribution in [3.63, 3.8) is 0 Å². The topological polar surface area (TPSA) is 40.5 Å². The first-order valence-corrected chi connectivity index (χ1v) is 6.61. The van der Waals surface area contributed by atoms with Crippen molar-refractivity contribution in [1.82, 2.24) is 4.90 Å². The molecule has 3 nitrogen and oxygen atoms in total. The Morgan fingerprint density at radius 2 is 2.17 bits per heavy atom. The highest BCUT2D eigenvalue weighted by atomic mass is 16.4. The third-order valence-electron chi connectivity index (χ3n) is 3.45. The van der Waals surface area contributed by atoms with Crippen molar-refractivity contribution in [3.05, 3.63) is 35.4 Å². The van der Waals surface area contributed by atoms with Crippen LogP contribution in [-0.4, -0.2) is 28.6 Å². The summed E-state index contributed by atoms with van der Waals surface area (Å²) in [6.45, 7) is 4.89. The lowest BCUT2D eigenvalue weighted by atomic mass is 10.1. The van der Waals surface area contributed by atoms with Crippen LogP contribution in [0, 0.1) is 0 Å². The van der Waals surface area contributed by atoms with Crippen molar-refractivity contribution in [2.75, 3.05) is 6.54 Å². The Kier molecular flexibility index (Phi) is 4.02. The Hall–Kier alpha value is -1.35. The van der Waals surface area contributed by atoms with Gasteiger partial charge in [-0.1, -0.05) is 24.3 Å². The smallest absolute Gasteiger partial charge is 0.317 e. The van der Waals surface area contributed by atoms with Gasteiger partial charge in [-0.2, -0.15) is 0 Å². The molecule has 0 amide bonds. The lowest BCUT2D eigenvalue weighted by Crippen LogP contribution is -2.35. The molecule has 0 spiro atoms. The molecule has 1 aliphatic carbocycles. The maximum Gasteiger partial charge on any atom is 0.317 e. The van der Waals surface area contributed by atoms with E-state index in [0.29, 0.717) is 6.54 Å². The molecule has 0 aliphatic heterocycles. The zero-order valence-corrected chi connectivity index (χ0v) is 11.1. The molecule has 0 atom stereocenters. The van der Waals surface area contributed by atoms with Gasteiger partial charge in [0.25, 0.3) is 0 Å². The molecule has 0 unspecified atom stereocenters. The number of carbonyl (C=O) groups is 1. The van der Waals surface area contributed by atoms with Crippen LogP contribution in [0.3, 0.4) is 0 Å². The normalized spacial score (nSPS) is 15.3. The maximum atomic E-state index is 10.8. The minimum Gasteiger partial charge on any atom is -0.480 e. The molecule has 0 aromatic heterocycles. The highest BCUT2D eigenvalue weighted by molar-refractivity contribution is 5.69. The molecule has 1 aromatic rings. The molecular formula is C15H21NO2. The molecule has 2 rings (SSSR count). The first-order chi connectivity index (χ1) is 8.56. The summed E-state index contributed by atoms with van der Waals surface area (Å²) < 4.78 is 0. The Morgan fingerprint density at radius 3 is 2.72 bits per heavy atom. The predicted molar refractivity (Wildman–Crippen MR) is 71.6 cm³/mol. The number of aliphatic carboxylic acids is 1. The average molecular weight is 247 g/mol. The van der Waals surface area contributed by atoms with Crippen LogP contribution in [0.25, 0.3) is 0 Å². The molecule has 0 saturated heterocycles. The van der Waals surface area contributed by atoms with Gasteiger partial charge in [-0.05, 0) is 43.7 Å². The molecule has 1 N–H and O–H groups in total. The van der Waals surface area contributed by atoms with E-state index in [1.165, 1.54) is 24.0 Å². The van der Waals surface area contributed by atoms with Crippen LogP contribution in [-0.2, 0) is 11.3 Å². The molecule has 98 valence electrons. The molecule has 1 aromatic carbocycles. The quantitative estimate of drug-likeness (QED) is 0.840. The van der Waals surface area contributed by atoms with E-state index >= 15 is 0 Å². The summed E-state index contributed by atoms with van der Waals surface area (Å²) in [6, 6.07) is 8.82. The van der Waals surface area contributed by atoms with Crippen molar-refractivity contribution >= 4 is 5.97 Å². The number of benzene rings is 1. The van der Waals surface area contributed by atoms with Crippen LogP contribution >= 0.6 is 0 Å². The zero-order valence-electron chi connectivity index (χ0n) is 11.1. The monoisotopic (exact) mass is 247 g/mol. The molecule has 0 radical (unpaired) electrons. The van der Waals surface area contributed by atoms with Crippen molar-refractivity contribution in [1.29, 1.82) is 0 Å². The Balaban J connectivity index is 2.05. The van der Waals surface area contributed by atoms with Crippen LogP contribution in [0.15, 0.2) is 24.3 Å². The fraction of sp³-hybridized carbons (Fsp3) is 0.533. The van der Waals surface area contributed by atoms with E-state index in [1.807, 2.05) is 18.7 Å². The van der Waals surface area contributed by atoms with E-state index in [1.54, 1.807) is 0 Å². The van der Waals surface area contributed by atoms with Gasteiger partial charge in [0.1, 0.15) is 0 Å². The molecule has 0 bridgehead atoms. The number of nitrogens with zero attached hydrogens (tertiary/aromatic N) is 1. The highest BCUT2D eigenvalue weighted by Gasteiger charge is 2.23. The number of carboxylic acid groups (broad SMARTS) is 1. The van der Waals surface area contributed by atoms with Gasteiger partial charge in [-0.15, -0.1) is 0 Å². The molecule has 1 aliphatic rings. The van der Waals surface area contributed by atoms with E-state index in [-0.39, 0.29) is 12.6 Å². The maximum absolute atomic E-state index is 10.8. The fourth-order valence-electron chi connectivity index (χ4n) is 2.19. The minimum absolute atomic E-state index is 0.103. The second-order valence-electron chi connectivity index (χ2n) is 5.41. The van der Waals surface area contributed by atoms with Crippen molar-refractivity contribution in [2.24, 2.45) is 0 Å². The van der Waals surface area contributed by atoms with Gasteiger partial charge in [-0.3, -0.25) is 9.69 Å². The Bertz CT molecular complexity index is 424.